The predicted octanol–water partition coefficient (Wildman–Crippen LogP) is 3.91. The second-order valence-corrected chi connectivity index (χ2v) is 5.53. The van der Waals surface area contributed by atoms with Gasteiger partial charge in [0.25, 0.3) is 5.69 Å². The summed E-state index contributed by atoms with van der Waals surface area (Å²) in [5, 5.41) is 10.6. The molecule has 0 fully saturated rings. The minimum absolute atomic E-state index is 0.0414. The van der Waals surface area contributed by atoms with Crippen LogP contribution in [0.3, 0.4) is 0 Å². The van der Waals surface area contributed by atoms with Crippen LogP contribution in [0.4, 0.5) is 5.69 Å². The van der Waals surface area contributed by atoms with E-state index >= 15 is 0 Å². The second-order valence-electron chi connectivity index (χ2n) is 5.53. The van der Waals surface area contributed by atoms with Gasteiger partial charge in [0.2, 0.25) is 0 Å². The van der Waals surface area contributed by atoms with Gasteiger partial charge in [-0.1, -0.05) is 25.5 Å². The molecule has 2 aromatic carbocycles. The summed E-state index contributed by atoms with van der Waals surface area (Å²) >= 11 is 0. The van der Waals surface area contributed by atoms with Crippen LogP contribution < -0.4 is 0 Å². The molecule has 0 saturated carbocycles. The number of carbonyl (C=O) groups excluding carboxylic acids is 2. The van der Waals surface area contributed by atoms with E-state index in [0.717, 1.165) is 12.8 Å². The van der Waals surface area contributed by atoms with Gasteiger partial charge in [-0.15, -0.1) is 0 Å². The zero-order chi connectivity index (χ0) is 18.9. The molecule has 0 saturated heterocycles. The topological polar surface area (TPSA) is 95.7 Å². The van der Waals surface area contributed by atoms with Crippen molar-refractivity contribution in [3.05, 3.63) is 75.3 Å². The number of rotatable bonds is 8. The molecule has 7 heteroatoms. The Morgan fingerprint density at radius 2 is 1.54 bits per heavy atom. The molecule has 0 aliphatic rings. The summed E-state index contributed by atoms with van der Waals surface area (Å²) in [6.07, 6.45) is 1.64. The molecule has 0 spiro atoms. The second kappa shape index (κ2) is 9.31. The summed E-state index contributed by atoms with van der Waals surface area (Å²) in [7, 11) is 0. The molecular formula is C19H19NO6. The smallest absolute Gasteiger partial charge is 0.339 e. The molecule has 26 heavy (non-hydrogen) atoms. The van der Waals surface area contributed by atoms with Crippen molar-refractivity contribution in [1.29, 1.82) is 0 Å². The maximum Gasteiger partial charge on any atom is 0.339 e. The molecule has 2 rings (SSSR count). The van der Waals surface area contributed by atoms with Crippen molar-refractivity contribution in [2.75, 3.05) is 6.61 Å². The largest absolute Gasteiger partial charge is 0.462 e. The van der Waals surface area contributed by atoms with E-state index in [4.69, 9.17) is 9.47 Å². The monoisotopic (exact) mass is 357 g/mol. The third-order valence-corrected chi connectivity index (χ3v) is 3.62. The molecule has 0 aliphatic heterocycles. The first kappa shape index (κ1) is 19.1. The van der Waals surface area contributed by atoms with Crippen LogP contribution in [0.1, 0.15) is 46.0 Å². The highest BCUT2D eigenvalue weighted by atomic mass is 16.6. The molecular weight excluding hydrogens is 338 g/mol. The molecule has 0 bridgehead atoms. The van der Waals surface area contributed by atoms with Crippen LogP contribution in [0, 0.1) is 10.1 Å². The van der Waals surface area contributed by atoms with Gasteiger partial charge < -0.3 is 9.47 Å². The Bertz CT molecular complexity index is 785. The Morgan fingerprint density at radius 3 is 2.08 bits per heavy atom. The lowest BCUT2D eigenvalue weighted by Gasteiger charge is -2.09. The van der Waals surface area contributed by atoms with Crippen LogP contribution in [0.15, 0.2) is 48.5 Å². The maximum absolute atomic E-state index is 12.3. The zero-order valence-electron chi connectivity index (χ0n) is 14.3. The molecule has 0 atom stereocenters. The van der Waals surface area contributed by atoms with Crippen molar-refractivity contribution < 1.29 is 24.0 Å². The van der Waals surface area contributed by atoms with Gasteiger partial charge in [0, 0.05) is 12.1 Å². The molecule has 7 nitrogen and oxygen atoms in total. The molecule has 0 N–H and O–H groups in total. The van der Waals surface area contributed by atoms with Crippen LogP contribution in [0.25, 0.3) is 0 Å². The number of esters is 2. The van der Waals surface area contributed by atoms with Gasteiger partial charge in [-0.2, -0.15) is 0 Å². The molecule has 2 aromatic rings. The average molecular weight is 357 g/mol. The molecule has 0 heterocycles. The molecule has 0 radical (unpaired) electrons. The van der Waals surface area contributed by atoms with E-state index in [1.807, 2.05) is 6.92 Å². The van der Waals surface area contributed by atoms with Gasteiger partial charge in [0.05, 0.1) is 22.7 Å². The summed E-state index contributed by atoms with van der Waals surface area (Å²) in [6, 6.07) is 12.0. The first-order valence-electron chi connectivity index (χ1n) is 8.19. The van der Waals surface area contributed by atoms with Crippen LogP contribution in [0.5, 0.6) is 0 Å². The van der Waals surface area contributed by atoms with E-state index in [-0.39, 0.29) is 23.4 Å². The number of carbonyl (C=O) groups is 2. The number of non-ortho nitro benzene ring substituents is 1. The quantitative estimate of drug-likeness (QED) is 0.308. The van der Waals surface area contributed by atoms with Gasteiger partial charge in [-0.25, -0.2) is 9.59 Å². The summed E-state index contributed by atoms with van der Waals surface area (Å²) in [5.41, 5.74) is 0.834. The van der Waals surface area contributed by atoms with Gasteiger partial charge in [0.15, 0.2) is 0 Å². The fourth-order valence-corrected chi connectivity index (χ4v) is 2.17. The number of nitro benzene ring substituents is 1. The lowest BCUT2D eigenvalue weighted by Crippen LogP contribution is -2.14. The Balaban J connectivity index is 2.03. The lowest BCUT2D eigenvalue weighted by atomic mass is 10.1. The van der Waals surface area contributed by atoms with Crippen LogP contribution in [0.2, 0.25) is 0 Å². The third-order valence-electron chi connectivity index (χ3n) is 3.62. The minimum Gasteiger partial charge on any atom is -0.462 e. The van der Waals surface area contributed by atoms with Gasteiger partial charge in [-0.05, 0) is 36.2 Å². The maximum atomic E-state index is 12.3. The number of nitrogens with zero attached hydrogens (tertiary/aromatic N) is 1. The first-order valence-corrected chi connectivity index (χ1v) is 8.19. The van der Waals surface area contributed by atoms with E-state index in [1.165, 1.54) is 36.4 Å². The third kappa shape index (κ3) is 5.14. The van der Waals surface area contributed by atoms with Crippen LogP contribution in [-0.4, -0.2) is 23.5 Å². The van der Waals surface area contributed by atoms with Crippen molar-refractivity contribution in [1.82, 2.24) is 0 Å². The Morgan fingerprint density at radius 1 is 0.962 bits per heavy atom. The minimum atomic E-state index is -0.661. The van der Waals surface area contributed by atoms with Crippen LogP contribution >= 0.6 is 0 Å². The van der Waals surface area contributed by atoms with E-state index in [1.54, 1.807) is 12.1 Å². The number of ether oxygens (including phenoxy) is 2. The number of nitro groups is 1. The van der Waals surface area contributed by atoms with E-state index in [2.05, 4.69) is 0 Å². The number of hydrogen-bond donors (Lipinski definition) is 0. The first-order chi connectivity index (χ1) is 12.5. The normalized spacial score (nSPS) is 10.2. The summed E-state index contributed by atoms with van der Waals surface area (Å²) < 4.78 is 10.4. The highest BCUT2D eigenvalue weighted by molar-refractivity contribution is 6.03. The summed E-state index contributed by atoms with van der Waals surface area (Å²) in [5.74, 6) is -1.23. The average Bonchev–Trinajstić information content (AvgIpc) is 2.66. The zero-order valence-corrected chi connectivity index (χ0v) is 14.3. The highest BCUT2D eigenvalue weighted by Crippen LogP contribution is 2.15. The van der Waals surface area contributed by atoms with Crippen molar-refractivity contribution >= 4 is 17.6 Å². The number of unbranched alkanes of at least 4 members (excludes halogenated alkanes) is 1. The summed E-state index contributed by atoms with van der Waals surface area (Å²) in [6.45, 7) is 2.22. The fraction of sp³-hybridized carbons (Fsp3) is 0.263. The molecule has 0 amide bonds. The van der Waals surface area contributed by atoms with Crippen molar-refractivity contribution in [2.24, 2.45) is 0 Å². The van der Waals surface area contributed by atoms with Crippen LogP contribution in [-0.2, 0) is 16.1 Å². The van der Waals surface area contributed by atoms with Crippen molar-refractivity contribution in [3.8, 4) is 0 Å². The lowest BCUT2D eigenvalue weighted by molar-refractivity contribution is -0.384. The molecule has 136 valence electrons. The highest BCUT2D eigenvalue weighted by Gasteiger charge is 2.19. The molecule has 0 aromatic heterocycles. The SMILES string of the molecule is CCCCOC(=O)c1ccccc1C(=O)OCc1ccc([N+](=O)[O-])cc1. The van der Waals surface area contributed by atoms with E-state index < -0.39 is 16.9 Å². The molecule has 0 unspecified atom stereocenters. The standard InChI is InChI=1S/C19H19NO6/c1-2-3-12-25-18(21)16-6-4-5-7-17(16)19(22)26-13-14-8-10-15(11-9-14)20(23)24/h4-11H,2-3,12-13H2,1H3. The Labute approximate surface area is 150 Å². The van der Waals surface area contributed by atoms with Gasteiger partial charge in [-0.3, -0.25) is 10.1 Å². The van der Waals surface area contributed by atoms with Crippen molar-refractivity contribution in [2.45, 2.75) is 26.4 Å². The molecule has 0 aliphatic carbocycles. The summed E-state index contributed by atoms with van der Waals surface area (Å²) in [4.78, 5) is 34.6. The van der Waals surface area contributed by atoms with Crippen molar-refractivity contribution in [3.63, 3.8) is 0 Å². The predicted molar refractivity (Wildman–Crippen MR) is 93.8 cm³/mol. The van der Waals surface area contributed by atoms with E-state index in [0.29, 0.717) is 12.2 Å². The Kier molecular flexibility index (Phi) is 6.84. The fourth-order valence-electron chi connectivity index (χ4n) is 2.17. The Hall–Kier alpha value is -3.22. The number of hydrogen-bond acceptors (Lipinski definition) is 6. The van der Waals surface area contributed by atoms with Gasteiger partial charge in [0.1, 0.15) is 6.61 Å². The van der Waals surface area contributed by atoms with Gasteiger partial charge >= 0.3 is 11.9 Å². The number of benzene rings is 2. The van der Waals surface area contributed by atoms with E-state index in [9.17, 15) is 19.7 Å².